The lowest BCUT2D eigenvalue weighted by atomic mass is 10.1. The first-order chi connectivity index (χ1) is 13.2. The number of amides is 1. The topological polar surface area (TPSA) is 71.3 Å². The number of likely N-dealkylation sites (N-methyl/N-ethyl adjacent to an activating group) is 1. The van der Waals surface area contributed by atoms with Crippen LogP contribution in [0, 0.1) is 12.7 Å². The van der Waals surface area contributed by atoms with E-state index in [0.717, 1.165) is 6.07 Å². The molecule has 0 radical (unpaired) electrons. The molecule has 5 nitrogen and oxygen atoms in total. The van der Waals surface area contributed by atoms with E-state index in [1.54, 1.807) is 13.8 Å². The zero-order valence-electron chi connectivity index (χ0n) is 15.1. The lowest BCUT2D eigenvalue weighted by Gasteiger charge is -2.09. The maximum absolute atomic E-state index is 14.0. The SMILES string of the molecule is CCNC(=O)Cc1c(C)n(C(=O)c2ccc(Cl)c(Cl)c2)c2cc(F)c(O)cc12. The number of hydrogen-bond acceptors (Lipinski definition) is 3. The molecule has 2 aromatic carbocycles. The second-order valence-corrected chi connectivity index (χ2v) is 7.10. The molecule has 0 bridgehead atoms. The van der Waals surface area contributed by atoms with Crippen molar-refractivity contribution in [2.45, 2.75) is 20.3 Å². The van der Waals surface area contributed by atoms with Gasteiger partial charge in [-0.1, -0.05) is 23.2 Å². The second-order valence-electron chi connectivity index (χ2n) is 6.28. The number of nitrogens with zero attached hydrogens (tertiary/aromatic N) is 1. The number of hydrogen-bond donors (Lipinski definition) is 2. The zero-order valence-corrected chi connectivity index (χ0v) is 16.7. The fourth-order valence-corrected chi connectivity index (χ4v) is 3.45. The van der Waals surface area contributed by atoms with Crippen LogP contribution < -0.4 is 5.32 Å². The summed E-state index contributed by atoms with van der Waals surface area (Å²) in [5.41, 5.74) is 1.52. The molecule has 1 aromatic heterocycles. The van der Waals surface area contributed by atoms with E-state index in [2.05, 4.69) is 5.32 Å². The zero-order chi connectivity index (χ0) is 20.6. The van der Waals surface area contributed by atoms with Gasteiger partial charge >= 0.3 is 0 Å². The summed E-state index contributed by atoms with van der Waals surface area (Å²) in [5.74, 6) is -2.11. The molecule has 28 heavy (non-hydrogen) atoms. The van der Waals surface area contributed by atoms with Crippen LogP contribution in [0.15, 0.2) is 30.3 Å². The standard InChI is InChI=1S/C20H17Cl2FN2O3/c1-3-24-19(27)8-12-10(2)25(17-9-16(23)18(26)7-13(12)17)20(28)11-4-5-14(21)15(22)6-11/h4-7,9,26H,3,8H2,1-2H3,(H,24,27). The van der Waals surface area contributed by atoms with Crippen LogP contribution in [-0.2, 0) is 11.2 Å². The van der Waals surface area contributed by atoms with E-state index in [-0.39, 0.29) is 28.4 Å². The van der Waals surface area contributed by atoms with Crippen LogP contribution in [0.4, 0.5) is 4.39 Å². The molecule has 3 aromatic rings. The van der Waals surface area contributed by atoms with Crippen LogP contribution in [0.3, 0.4) is 0 Å². The van der Waals surface area contributed by atoms with Crippen molar-refractivity contribution in [2.75, 3.05) is 6.54 Å². The highest BCUT2D eigenvalue weighted by Gasteiger charge is 2.23. The highest BCUT2D eigenvalue weighted by Crippen LogP contribution is 2.32. The molecule has 8 heteroatoms. The van der Waals surface area contributed by atoms with Crippen LogP contribution in [-0.4, -0.2) is 28.0 Å². The molecule has 0 aliphatic carbocycles. The number of rotatable bonds is 4. The number of carbonyl (C=O) groups is 2. The van der Waals surface area contributed by atoms with Crippen molar-refractivity contribution < 1.29 is 19.1 Å². The third-order valence-electron chi connectivity index (χ3n) is 4.48. The van der Waals surface area contributed by atoms with Crippen molar-refractivity contribution >= 4 is 45.9 Å². The van der Waals surface area contributed by atoms with Gasteiger partial charge in [0.2, 0.25) is 5.91 Å². The quantitative estimate of drug-likeness (QED) is 0.651. The lowest BCUT2D eigenvalue weighted by Crippen LogP contribution is -2.24. The van der Waals surface area contributed by atoms with Gasteiger partial charge < -0.3 is 10.4 Å². The third-order valence-corrected chi connectivity index (χ3v) is 5.22. The molecule has 3 rings (SSSR count). The molecule has 0 saturated carbocycles. The first-order valence-electron chi connectivity index (χ1n) is 8.53. The van der Waals surface area contributed by atoms with Gasteiger partial charge in [0, 0.05) is 29.3 Å². The van der Waals surface area contributed by atoms with Gasteiger partial charge in [0.1, 0.15) is 0 Å². The number of aromatic hydroxyl groups is 1. The predicted octanol–water partition coefficient (Wildman–Crippen LogP) is 4.47. The Morgan fingerprint density at radius 1 is 1.18 bits per heavy atom. The van der Waals surface area contributed by atoms with Crippen LogP contribution in [0.2, 0.25) is 10.0 Å². The van der Waals surface area contributed by atoms with Gasteiger partial charge in [-0.25, -0.2) is 4.39 Å². The number of aromatic nitrogens is 1. The summed E-state index contributed by atoms with van der Waals surface area (Å²) >= 11 is 11.9. The second kappa shape index (κ2) is 7.81. The van der Waals surface area contributed by atoms with E-state index < -0.39 is 17.5 Å². The van der Waals surface area contributed by atoms with E-state index in [1.165, 1.54) is 28.8 Å². The minimum absolute atomic E-state index is 0.0110. The fourth-order valence-electron chi connectivity index (χ4n) is 3.15. The van der Waals surface area contributed by atoms with E-state index in [9.17, 15) is 19.1 Å². The van der Waals surface area contributed by atoms with Crippen molar-refractivity contribution in [1.29, 1.82) is 0 Å². The summed E-state index contributed by atoms with van der Waals surface area (Å²) in [6.45, 7) is 3.92. The van der Waals surface area contributed by atoms with E-state index in [1.807, 2.05) is 0 Å². The van der Waals surface area contributed by atoms with Gasteiger partial charge in [0.15, 0.2) is 11.6 Å². The molecule has 0 unspecified atom stereocenters. The molecule has 146 valence electrons. The summed E-state index contributed by atoms with van der Waals surface area (Å²) in [4.78, 5) is 25.3. The van der Waals surface area contributed by atoms with Crippen molar-refractivity contribution in [2.24, 2.45) is 0 Å². The molecule has 1 heterocycles. The van der Waals surface area contributed by atoms with Gasteiger partial charge in [-0.2, -0.15) is 0 Å². The highest BCUT2D eigenvalue weighted by molar-refractivity contribution is 6.42. The van der Waals surface area contributed by atoms with E-state index >= 15 is 0 Å². The normalized spacial score (nSPS) is 11.0. The van der Waals surface area contributed by atoms with Gasteiger partial charge in [-0.3, -0.25) is 14.2 Å². The first-order valence-corrected chi connectivity index (χ1v) is 9.29. The molecular weight excluding hydrogens is 406 g/mol. The maximum Gasteiger partial charge on any atom is 0.262 e. The minimum Gasteiger partial charge on any atom is -0.505 e. The summed E-state index contributed by atoms with van der Waals surface area (Å²) < 4.78 is 15.4. The summed E-state index contributed by atoms with van der Waals surface area (Å²) in [6.07, 6.45) is -0.0110. The monoisotopic (exact) mass is 422 g/mol. The number of benzene rings is 2. The molecule has 0 fully saturated rings. The molecule has 0 aliphatic rings. The van der Waals surface area contributed by atoms with Gasteiger partial charge in [0.05, 0.1) is 22.0 Å². The van der Waals surface area contributed by atoms with Crippen molar-refractivity contribution in [3.05, 3.63) is 63.0 Å². The molecule has 1 amide bonds. The molecule has 0 atom stereocenters. The first kappa shape index (κ1) is 20.2. The highest BCUT2D eigenvalue weighted by atomic mass is 35.5. The number of phenolic OH excluding ortho intramolecular Hbond substituents is 1. The van der Waals surface area contributed by atoms with E-state index in [4.69, 9.17) is 23.2 Å². The van der Waals surface area contributed by atoms with Gasteiger partial charge in [-0.15, -0.1) is 0 Å². The van der Waals surface area contributed by atoms with Crippen LogP contribution in [0.5, 0.6) is 5.75 Å². The number of fused-ring (bicyclic) bond motifs is 1. The summed E-state index contributed by atoms with van der Waals surface area (Å²) in [6, 6.07) is 6.75. The Morgan fingerprint density at radius 3 is 2.54 bits per heavy atom. The molecule has 0 saturated heterocycles. The minimum atomic E-state index is -0.863. The third kappa shape index (κ3) is 3.57. The van der Waals surface area contributed by atoms with Crippen molar-refractivity contribution in [3.8, 4) is 5.75 Å². The maximum atomic E-state index is 14.0. The Balaban J connectivity index is 2.22. The van der Waals surface area contributed by atoms with Crippen LogP contribution in [0.25, 0.3) is 10.9 Å². The van der Waals surface area contributed by atoms with Crippen molar-refractivity contribution in [3.63, 3.8) is 0 Å². The molecule has 0 aliphatic heterocycles. The number of halogens is 3. The summed E-state index contributed by atoms with van der Waals surface area (Å²) in [5, 5.41) is 13.4. The average Bonchev–Trinajstić information content (AvgIpc) is 2.89. The number of carbonyl (C=O) groups excluding carboxylic acids is 2. The fraction of sp³-hybridized carbons (Fsp3) is 0.200. The average molecular weight is 423 g/mol. The van der Waals surface area contributed by atoms with Crippen LogP contribution in [0.1, 0.15) is 28.5 Å². The lowest BCUT2D eigenvalue weighted by molar-refractivity contribution is -0.120. The summed E-state index contributed by atoms with van der Waals surface area (Å²) in [7, 11) is 0. The Hall–Kier alpha value is -2.57. The van der Waals surface area contributed by atoms with Crippen LogP contribution >= 0.6 is 23.2 Å². The molecular formula is C20H17Cl2FN2O3. The Labute approximate surface area is 170 Å². The molecule has 0 spiro atoms. The smallest absolute Gasteiger partial charge is 0.262 e. The Bertz CT molecular complexity index is 1110. The largest absolute Gasteiger partial charge is 0.505 e. The van der Waals surface area contributed by atoms with Gasteiger partial charge in [0.25, 0.3) is 5.91 Å². The van der Waals surface area contributed by atoms with Crippen molar-refractivity contribution in [1.82, 2.24) is 9.88 Å². The Morgan fingerprint density at radius 2 is 1.89 bits per heavy atom. The number of phenols is 1. The number of nitrogens with one attached hydrogen (secondary N) is 1. The molecule has 2 N–H and O–H groups in total. The van der Waals surface area contributed by atoms with Gasteiger partial charge in [-0.05, 0) is 43.7 Å². The van der Waals surface area contributed by atoms with E-state index in [0.29, 0.717) is 28.2 Å². The Kier molecular flexibility index (Phi) is 5.63. The predicted molar refractivity (Wildman–Crippen MR) is 107 cm³/mol.